The van der Waals surface area contributed by atoms with Crippen LogP contribution in [-0.2, 0) is 14.3 Å². The minimum atomic E-state index is -0.471. The van der Waals surface area contributed by atoms with E-state index in [1.807, 2.05) is 13.8 Å². The van der Waals surface area contributed by atoms with Crippen molar-refractivity contribution in [2.75, 3.05) is 13.2 Å². The number of nitrogens with one attached hydrogen (secondary N) is 1. The van der Waals surface area contributed by atoms with Crippen molar-refractivity contribution >= 4 is 12.1 Å². The van der Waals surface area contributed by atoms with Crippen LogP contribution in [0.5, 0.6) is 0 Å². The van der Waals surface area contributed by atoms with Crippen molar-refractivity contribution in [3.05, 3.63) is 0 Å². The average Bonchev–Trinajstić information content (AvgIpc) is 2.25. The van der Waals surface area contributed by atoms with Crippen molar-refractivity contribution in [1.82, 2.24) is 5.32 Å². The maximum atomic E-state index is 11.1. The number of carbonyl (C=O) groups excluding carboxylic acids is 2. The highest BCUT2D eigenvalue weighted by Crippen LogP contribution is 1.97. The predicted octanol–water partition coefficient (Wildman–Crippen LogP) is 1.85. The van der Waals surface area contributed by atoms with Gasteiger partial charge in [-0.15, -0.1) is 0 Å². The van der Waals surface area contributed by atoms with E-state index in [1.165, 1.54) is 0 Å². The Morgan fingerprint density at radius 2 is 1.88 bits per heavy atom. The summed E-state index contributed by atoms with van der Waals surface area (Å²) in [7, 11) is 0. The van der Waals surface area contributed by atoms with Gasteiger partial charge in [-0.25, -0.2) is 4.79 Å². The van der Waals surface area contributed by atoms with Crippen molar-refractivity contribution in [1.29, 1.82) is 0 Å². The molecule has 0 aromatic carbocycles. The number of carbonyl (C=O) groups is 2. The van der Waals surface area contributed by atoms with Crippen molar-refractivity contribution in [3.8, 4) is 0 Å². The zero-order chi connectivity index (χ0) is 12.4. The molecule has 1 N–H and O–H groups in total. The molecule has 0 saturated carbocycles. The highest BCUT2D eigenvalue weighted by molar-refractivity contribution is 5.69. The summed E-state index contributed by atoms with van der Waals surface area (Å²) in [5.41, 5.74) is 0. The second kappa shape index (κ2) is 9.00. The summed E-state index contributed by atoms with van der Waals surface area (Å²) in [6, 6.07) is -0.181. The quantitative estimate of drug-likeness (QED) is 0.679. The molecule has 1 atom stereocenters. The summed E-state index contributed by atoms with van der Waals surface area (Å²) in [5.74, 6) is -0.230. The Labute approximate surface area is 96.5 Å². The van der Waals surface area contributed by atoms with Crippen LogP contribution in [0.25, 0.3) is 0 Å². The summed E-state index contributed by atoms with van der Waals surface area (Å²) in [6.45, 7) is 6.09. The van der Waals surface area contributed by atoms with Gasteiger partial charge in [-0.1, -0.05) is 13.8 Å². The summed E-state index contributed by atoms with van der Waals surface area (Å²) >= 11 is 0. The third kappa shape index (κ3) is 7.09. The Balaban J connectivity index is 3.82. The minimum absolute atomic E-state index is 0.181. The van der Waals surface area contributed by atoms with E-state index >= 15 is 0 Å². The molecule has 0 aromatic heterocycles. The number of hydrogen-bond acceptors (Lipinski definition) is 4. The normalized spacial score (nSPS) is 11.7. The van der Waals surface area contributed by atoms with E-state index in [-0.39, 0.29) is 18.6 Å². The topological polar surface area (TPSA) is 64.6 Å². The Hall–Kier alpha value is -1.26. The molecule has 16 heavy (non-hydrogen) atoms. The maximum Gasteiger partial charge on any atom is 0.407 e. The molecule has 1 amide bonds. The standard InChI is InChI=1S/C11H21NO4/c1-4-7-10(13)16-8-9(5-2)12-11(14)15-6-3/h9H,4-8H2,1-3H3,(H,12,14)/t9-/m0/s1. The van der Waals surface area contributed by atoms with E-state index in [0.717, 1.165) is 6.42 Å². The number of rotatable bonds is 7. The number of esters is 1. The van der Waals surface area contributed by atoms with Gasteiger partial charge < -0.3 is 14.8 Å². The van der Waals surface area contributed by atoms with Crippen LogP contribution in [0.1, 0.15) is 40.0 Å². The molecule has 0 aromatic rings. The molecule has 94 valence electrons. The van der Waals surface area contributed by atoms with E-state index in [1.54, 1.807) is 6.92 Å². The molecule has 0 aliphatic heterocycles. The van der Waals surface area contributed by atoms with Gasteiger partial charge in [0.1, 0.15) is 6.61 Å². The SMILES string of the molecule is CCCC(=O)OC[C@H](CC)NC(=O)OCC. The number of hydrogen-bond donors (Lipinski definition) is 1. The first-order chi connectivity index (χ1) is 7.63. The van der Waals surface area contributed by atoms with E-state index in [4.69, 9.17) is 9.47 Å². The van der Waals surface area contributed by atoms with E-state index in [2.05, 4.69) is 5.32 Å². The fourth-order valence-electron chi connectivity index (χ4n) is 1.07. The molecule has 0 rings (SSSR count). The van der Waals surface area contributed by atoms with Crippen molar-refractivity contribution < 1.29 is 19.1 Å². The van der Waals surface area contributed by atoms with Crippen molar-refractivity contribution in [2.24, 2.45) is 0 Å². The lowest BCUT2D eigenvalue weighted by atomic mass is 10.2. The molecule has 0 spiro atoms. The Kier molecular flexibility index (Phi) is 8.29. The first kappa shape index (κ1) is 14.7. The van der Waals surface area contributed by atoms with Gasteiger partial charge in [0.05, 0.1) is 12.6 Å². The monoisotopic (exact) mass is 231 g/mol. The van der Waals surface area contributed by atoms with Crippen LogP contribution in [0.3, 0.4) is 0 Å². The number of alkyl carbamates (subject to hydrolysis) is 1. The van der Waals surface area contributed by atoms with Gasteiger partial charge in [-0.2, -0.15) is 0 Å². The van der Waals surface area contributed by atoms with Gasteiger partial charge in [0.2, 0.25) is 0 Å². The van der Waals surface area contributed by atoms with Crippen molar-refractivity contribution in [3.63, 3.8) is 0 Å². The fraction of sp³-hybridized carbons (Fsp3) is 0.818. The van der Waals surface area contributed by atoms with E-state index in [9.17, 15) is 9.59 Å². The first-order valence-corrected chi connectivity index (χ1v) is 5.72. The van der Waals surface area contributed by atoms with Gasteiger partial charge >= 0.3 is 12.1 Å². The maximum absolute atomic E-state index is 11.1. The van der Waals surface area contributed by atoms with Gasteiger partial charge in [-0.05, 0) is 19.8 Å². The summed E-state index contributed by atoms with van der Waals surface area (Å²) in [5, 5.41) is 2.63. The predicted molar refractivity (Wildman–Crippen MR) is 60.1 cm³/mol. The lowest BCUT2D eigenvalue weighted by molar-refractivity contribution is -0.144. The highest BCUT2D eigenvalue weighted by Gasteiger charge is 2.12. The molecule has 0 aliphatic rings. The molecular formula is C11H21NO4. The molecule has 0 heterocycles. The van der Waals surface area contributed by atoms with Crippen LogP contribution in [0.2, 0.25) is 0 Å². The number of amides is 1. The lowest BCUT2D eigenvalue weighted by Gasteiger charge is -2.16. The van der Waals surface area contributed by atoms with E-state index < -0.39 is 6.09 Å². The minimum Gasteiger partial charge on any atom is -0.463 e. The molecule has 0 unspecified atom stereocenters. The van der Waals surface area contributed by atoms with Crippen LogP contribution in [0.4, 0.5) is 4.79 Å². The third-order valence-electron chi connectivity index (χ3n) is 1.99. The lowest BCUT2D eigenvalue weighted by Crippen LogP contribution is -2.38. The summed E-state index contributed by atoms with van der Waals surface area (Å²) < 4.78 is 9.74. The van der Waals surface area contributed by atoms with Crippen LogP contribution < -0.4 is 5.32 Å². The van der Waals surface area contributed by atoms with Gasteiger partial charge in [0.15, 0.2) is 0 Å². The van der Waals surface area contributed by atoms with Gasteiger partial charge in [-0.3, -0.25) is 4.79 Å². The zero-order valence-corrected chi connectivity index (χ0v) is 10.2. The molecule has 0 aliphatic carbocycles. The Morgan fingerprint density at radius 3 is 2.38 bits per heavy atom. The summed E-state index contributed by atoms with van der Waals surface area (Å²) in [6.07, 6.45) is 1.40. The first-order valence-electron chi connectivity index (χ1n) is 5.72. The van der Waals surface area contributed by atoms with Gasteiger partial charge in [0.25, 0.3) is 0 Å². The highest BCUT2D eigenvalue weighted by atomic mass is 16.6. The third-order valence-corrected chi connectivity index (χ3v) is 1.99. The number of ether oxygens (including phenoxy) is 2. The van der Waals surface area contributed by atoms with Crippen molar-refractivity contribution in [2.45, 2.75) is 46.1 Å². The zero-order valence-electron chi connectivity index (χ0n) is 10.2. The second-order valence-electron chi connectivity index (χ2n) is 3.40. The summed E-state index contributed by atoms with van der Waals surface area (Å²) in [4.78, 5) is 22.2. The van der Waals surface area contributed by atoms with E-state index in [0.29, 0.717) is 19.4 Å². The van der Waals surface area contributed by atoms with Gasteiger partial charge in [0, 0.05) is 6.42 Å². The molecule has 5 nitrogen and oxygen atoms in total. The van der Waals surface area contributed by atoms with Crippen LogP contribution in [0, 0.1) is 0 Å². The Morgan fingerprint density at radius 1 is 1.19 bits per heavy atom. The largest absolute Gasteiger partial charge is 0.463 e. The smallest absolute Gasteiger partial charge is 0.407 e. The molecule has 0 fully saturated rings. The average molecular weight is 231 g/mol. The molecule has 0 radical (unpaired) electrons. The fourth-order valence-corrected chi connectivity index (χ4v) is 1.07. The molecule has 5 heteroatoms. The molecular weight excluding hydrogens is 210 g/mol. The van der Waals surface area contributed by atoms with Crippen LogP contribution in [0.15, 0.2) is 0 Å². The Bertz CT molecular complexity index is 218. The van der Waals surface area contributed by atoms with Crippen LogP contribution >= 0.6 is 0 Å². The van der Waals surface area contributed by atoms with Crippen LogP contribution in [-0.4, -0.2) is 31.3 Å². The molecule has 0 saturated heterocycles. The second-order valence-corrected chi connectivity index (χ2v) is 3.40. The molecule has 0 bridgehead atoms.